The van der Waals surface area contributed by atoms with Crippen molar-refractivity contribution >= 4 is 17.3 Å². The standard InChI is InChI=1S/C26H29ClN2/c1-21-7-13-25(14-8-21)29-19-17-28(18-20-29)16-15-26(22-5-3-2-4-6-22)23-9-11-24(27)12-10-23/h2-14,26H,15-20H2,1H3. The minimum Gasteiger partial charge on any atom is -0.369 e. The van der Waals surface area contributed by atoms with Crippen molar-refractivity contribution in [3.05, 3.63) is 101 Å². The molecule has 0 aliphatic carbocycles. The Labute approximate surface area is 179 Å². The smallest absolute Gasteiger partial charge is 0.0406 e. The van der Waals surface area contributed by atoms with Crippen molar-refractivity contribution in [2.75, 3.05) is 37.6 Å². The average Bonchev–Trinajstić information content (AvgIpc) is 2.77. The number of hydrogen-bond donors (Lipinski definition) is 0. The number of aryl methyl sites for hydroxylation is 1. The summed E-state index contributed by atoms with van der Waals surface area (Å²) in [5, 5.41) is 0.799. The van der Waals surface area contributed by atoms with Gasteiger partial charge < -0.3 is 4.90 Å². The summed E-state index contributed by atoms with van der Waals surface area (Å²) < 4.78 is 0. The van der Waals surface area contributed by atoms with Crippen LogP contribution < -0.4 is 4.90 Å². The molecule has 150 valence electrons. The van der Waals surface area contributed by atoms with Crippen LogP contribution in [-0.4, -0.2) is 37.6 Å². The Morgan fingerprint density at radius 2 is 1.38 bits per heavy atom. The van der Waals surface area contributed by atoms with E-state index in [0.29, 0.717) is 5.92 Å². The van der Waals surface area contributed by atoms with Gasteiger partial charge >= 0.3 is 0 Å². The van der Waals surface area contributed by atoms with Gasteiger partial charge in [-0.05, 0) is 55.3 Å². The van der Waals surface area contributed by atoms with E-state index in [0.717, 1.165) is 44.2 Å². The third kappa shape index (κ3) is 5.20. The second-order valence-corrected chi connectivity index (χ2v) is 8.40. The summed E-state index contributed by atoms with van der Waals surface area (Å²) in [4.78, 5) is 5.11. The van der Waals surface area contributed by atoms with Crippen molar-refractivity contribution < 1.29 is 0 Å². The summed E-state index contributed by atoms with van der Waals surface area (Å²) in [6.45, 7) is 7.70. The summed E-state index contributed by atoms with van der Waals surface area (Å²) in [7, 11) is 0. The van der Waals surface area contributed by atoms with Crippen molar-refractivity contribution in [1.29, 1.82) is 0 Å². The van der Waals surface area contributed by atoms with Crippen molar-refractivity contribution in [3.8, 4) is 0 Å². The molecule has 1 aliphatic heterocycles. The average molecular weight is 405 g/mol. The van der Waals surface area contributed by atoms with Crippen LogP contribution >= 0.6 is 11.6 Å². The molecule has 0 bridgehead atoms. The molecule has 0 radical (unpaired) electrons. The Kier molecular flexibility index (Phi) is 6.53. The van der Waals surface area contributed by atoms with Crippen LogP contribution in [0.5, 0.6) is 0 Å². The predicted octanol–water partition coefficient (Wildman–Crippen LogP) is 5.99. The Morgan fingerprint density at radius 1 is 0.759 bits per heavy atom. The highest BCUT2D eigenvalue weighted by molar-refractivity contribution is 6.30. The zero-order valence-corrected chi connectivity index (χ0v) is 17.9. The fourth-order valence-electron chi connectivity index (χ4n) is 4.20. The van der Waals surface area contributed by atoms with Crippen LogP contribution in [-0.2, 0) is 0 Å². The van der Waals surface area contributed by atoms with Gasteiger partial charge in [0.1, 0.15) is 0 Å². The van der Waals surface area contributed by atoms with Crippen LogP contribution in [0.2, 0.25) is 5.02 Å². The maximum atomic E-state index is 6.12. The second-order valence-electron chi connectivity index (χ2n) is 7.97. The van der Waals surface area contributed by atoms with Crippen molar-refractivity contribution in [2.24, 2.45) is 0 Å². The van der Waals surface area contributed by atoms with Crippen molar-refractivity contribution in [1.82, 2.24) is 4.90 Å². The van der Waals surface area contributed by atoms with Gasteiger partial charge in [-0.3, -0.25) is 4.90 Å². The minimum atomic E-state index is 0.406. The molecule has 3 aromatic carbocycles. The van der Waals surface area contributed by atoms with Crippen LogP contribution in [0.4, 0.5) is 5.69 Å². The number of anilines is 1. The van der Waals surface area contributed by atoms with Crippen LogP contribution in [0.3, 0.4) is 0 Å². The maximum Gasteiger partial charge on any atom is 0.0406 e. The first-order valence-corrected chi connectivity index (χ1v) is 10.9. The SMILES string of the molecule is Cc1ccc(N2CCN(CCC(c3ccccc3)c3ccc(Cl)cc3)CC2)cc1. The molecule has 0 spiro atoms. The van der Waals surface area contributed by atoms with Gasteiger partial charge in [0.25, 0.3) is 0 Å². The lowest BCUT2D eigenvalue weighted by Crippen LogP contribution is -2.46. The maximum absolute atomic E-state index is 6.12. The number of hydrogen-bond acceptors (Lipinski definition) is 2. The fraction of sp³-hybridized carbons (Fsp3) is 0.308. The Morgan fingerprint density at radius 3 is 2.03 bits per heavy atom. The first kappa shape index (κ1) is 20.0. The summed E-state index contributed by atoms with van der Waals surface area (Å²) in [5.74, 6) is 0.406. The summed E-state index contributed by atoms with van der Waals surface area (Å²) >= 11 is 6.12. The van der Waals surface area contributed by atoms with E-state index in [-0.39, 0.29) is 0 Å². The molecule has 4 rings (SSSR count). The molecule has 29 heavy (non-hydrogen) atoms. The molecule has 1 saturated heterocycles. The third-order valence-electron chi connectivity index (χ3n) is 5.98. The lowest BCUT2D eigenvalue weighted by atomic mass is 9.88. The first-order valence-electron chi connectivity index (χ1n) is 10.5. The monoisotopic (exact) mass is 404 g/mol. The van der Waals surface area contributed by atoms with Gasteiger partial charge in [-0.2, -0.15) is 0 Å². The van der Waals surface area contributed by atoms with Gasteiger partial charge in [-0.1, -0.05) is 71.8 Å². The van der Waals surface area contributed by atoms with E-state index in [1.807, 2.05) is 12.1 Å². The van der Waals surface area contributed by atoms with Gasteiger partial charge in [-0.25, -0.2) is 0 Å². The highest BCUT2D eigenvalue weighted by atomic mass is 35.5. The largest absolute Gasteiger partial charge is 0.369 e. The van der Waals surface area contributed by atoms with Crippen LogP contribution in [0, 0.1) is 6.92 Å². The topological polar surface area (TPSA) is 6.48 Å². The highest BCUT2D eigenvalue weighted by Gasteiger charge is 2.20. The van der Waals surface area contributed by atoms with Gasteiger partial charge in [0.2, 0.25) is 0 Å². The third-order valence-corrected chi connectivity index (χ3v) is 6.23. The van der Waals surface area contributed by atoms with E-state index < -0.39 is 0 Å². The summed E-state index contributed by atoms with van der Waals surface area (Å²) in [6, 6.07) is 28.1. The molecule has 1 unspecified atom stereocenters. The van der Waals surface area contributed by atoms with Crippen molar-refractivity contribution in [3.63, 3.8) is 0 Å². The second kappa shape index (κ2) is 9.47. The Bertz CT molecular complexity index is 882. The van der Waals surface area contributed by atoms with Gasteiger partial charge in [0, 0.05) is 42.8 Å². The van der Waals surface area contributed by atoms with Crippen molar-refractivity contribution in [2.45, 2.75) is 19.3 Å². The minimum absolute atomic E-state index is 0.406. The van der Waals surface area contributed by atoms with E-state index in [9.17, 15) is 0 Å². The number of nitrogens with zero attached hydrogens (tertiary/aromatic N) is 2. The lowest BCUT2D eigenvalue weighted by molar-refractivity contribution is 0.251. The van der Waals surface area contributed by atoms with E-state index in [1.54, 1.807) is 0 Å². The zero-order valence-electron chi connectivity index (χ0n) is 17.1. The van der Waals surface area contributed by atoms with Crippen LogP contribution in [0.25, 0.3) is 0 Å². The molecule has 1 aliphatic rings. The number of piperazine rings is 1. The van der Waals surface area contributed by atoms with Gasteiger partial charge in [-0.15, -0.1) is 0 Å². The molecule has 2 nitrogen and oxygen atoms in total. The molecule has 1 fully saturated rings. The Hall–Kier alpha value is -2.29. The normalized spacial score (nSPS) is 16.0. The number of rotatable bonds is 6. The van der Waals surface area contributed by atoms with E-state index in [4.69, 9.17) is 11.6 Å². The molecule has 0 amide bonds. The quantitative estimate of drug-likeness (QED) is 0.497. The molecule has 0 N–H and O–H groups in total. The van der Waals surface area contributed by atoms with E-state index in [2.05, 4.69) is 83.5 Å². The molecule has 3 heteroatoms. The van der Waals surface area contributed by atoms with Crippen LogP contribution in [0.1, 0.15) is 29.0 Å². The number of benzene rings is 3. The van der Waals surface area contributed by atoms with E-state index in [1.165, 1.54) is 22.4 Å². The molecule has 3 aromatic rings. The molecule has 1 heterocycles. The lowest BCUT2D eigenvalue weighted by Gasteiger charge is -2.36. The van der Waals surface area contributed by atoms with E-state index >= 15 is 0 Å². The fourth-order valence-corrected chi connectivity index (χ4v) is 4.33. The van der Waals surface area contributed by atoms with Gasteiger partial charge in [0.15, 0.2) is 0 Å². The summed E-state index contributed by atoms with van der Waals surface area (Å²) in [6.07, 6.45) is 1.12. The molecule has 0 aromatic heterocycles. The number of halogens is 1. The molecule has 0 saturated carbocycles. The summed E-state index contributed by atoms with van der Waals surface area (Å²) in [5.41, 5.74) is 5.40. The molecular weight excluding hydrogens is 376 g/mol. The zero-order chi connectivity index (χ0) is 20.1. The highest BCUT2D eigenvalue weighted by Crippen LogP contribution is 2.29. The predicted molar refractivity (Wildman–Crippen MR) is 124 cm³/mol. The van der Waals surface area contributed by atoms with Crippen LogP contribution in [0.15, 0.2) is 78.9 Å². The molecule has 1 atom stereocenters. The first-order chi connectivity index (χ1) is 14.2. The Balaban J connectivity index is 1.38. The molecular formula is C26H29ClN2. The van der Waals surface area contributed by atoms with Gasteiger partial charge in [0.05, 0.1) is 0 Å².